The summed E-state index contributed by atoms with van der Waals surface area (Å²) in [5.74, 6) is 0.919. The molecular formula is C17H22ClNOS. The summed E-state index contributed by atoms with van der Waals surface area (Å²) in [6.45, 7) is 8.40. The van der Waals surface area contributed by atoms with E-state index in [1.807, 2.05) is 32.0 Å². The fourth-order valence-electron chi connectivity index (χ4n) is 2.24. The van der Waals surface area contributed by atoms with Crippen LogP contribution in [0.25, 0.3) is 0 Å². The third-order valence-corrected chi connectivity index (χ3v) is 4.66. The van der Waals surface area contributed by atoms with Crippen molar-refractivity contribution in [1.29, 1.82) is 0 Å². The van der Waals surface area contributed by atoms with Crippen molar-refractivity contribution in [2.75, 3.05) is 0 Å². The van der Waals surface area contributed by atoms with E-state index >= 15 is 0 Å². The van der Waals surface area contributed by atoms with Gasteiger partial charge in [0.05, 0.1) is 10.4 Å². The van der Waals surface area contributed by atoms with Gasteiger partial charge >= 0.3 is 0 Å². The summed E-state index contributed by atoms with van der Waals surface area (Å²) in [5.41, 5.74) is 1.22. The average molecular weight is 324 g/mol. The largest absolute Gasteiger partial charge is 0.491 e. The molecule has 2 rings (SSSR count). The van der Waals surface area contributed by atoms with Crippen LogP contribution in [0.4, 0.5) is 0 Å². The summed E-state index contributed by atoms with van der Waals surface area (Å²) >= 11 is 7.62. The maximum Gasteiger partial charge on any atom is 0.120 e. The minimum absolute atomic E-state index is 0.190. The highest BCUT2D eigenvalue weighted by Crippen LogP contribution is 2.29. The Bertz CT molecular complexity index is 582. The van der Waals surface area contributed by atoms with E-state index in [-0.39, 0.29) is 18.2 Å². The SMILES string of the molecule is CC(C)Oc1cccc(C(C)NC(C)c2ccc(Cl)s2)c1. The number of hydrogen-bond donors (Lipinski definition) is 1. The van der Waals surface area contributed by atoms with E-state index in [0.717, 1.165) is 10.1 Å². The molecule has 1 heterocycles. The maximum absolute atomic E-state index is 6.00. The van der Waals surface area contributed by atoms with Crippen molar-refractivity contribution in [3.63, 3.8) is 0 Å². The molecule has 0 saturated heterocycles. The number of nitrogens with one attached hydrogen (secondary N) is 1. The van der Waals surface area contributed by atoms with Crippen molar-refractivity contribution in [3.05, 3.63) is 51.2 Å². The van der Waals surface area contributed by atoms with Gasteiger partial charge in [0.1, 0.15) is 5.75 Å². The zero-order valence-corrected chi connectivity index (χ0v) is 14.5. The van der Waals surface area contributed by atoms with E-state index in [9.17, 15) is 0 Å². The molecule has 2 aromatic rings. The molecule has 2 atom stereocenters. The molecule has 21 heavy (non-hydrogen) atoms. The Kier molecular flexibility index (Phi) is 5.68. The van der Waals surface area contributed by atoms with Gasteiger partial charge in [-0.2, -0.15) is 0 Å². The van der Waals surface area contributed by atoms with Gasteiger partial charge < -0.3 is 10.1 Å². The van der Waals surface area contributed by atoms with Gasteiger partial charge in [-0.05, 0) is 57.5 Å². The van der Waals surface area contributed by atoms with Gasteiger partial charge in [0, 0.05) is 17.0 Å². The fourth-order valence-corrected chi connectivity index (χ4v) is 3.32. The summed E-state index contributed by atoms with van der Waals surface area (Å²) < 4.78 is 6.59. The summed E-state index contributed by atoms with van der Waals surface area (Å²) in [5, 5.41) is 3.60. The molecule has 1 aromatic heterocycles. The van der Waals surface area contributed by atoms with Gasteiger partial charge in [-0.3, -0.25) is 0 Å². The van der Waals surface area contributed by atoms with Crippen LogP contribution in [0.5, 0.6) is 5.75 Å². The second-order valence-corrected chi connectivity index (χ2v) is 7.24. The number of halogens is 1. The first kappa shape index (κ1) is 16.3. The Morgan fingerprint density at radius 3 is 2.43 bits per heavy atom. The summed E-state index contributed by atoms with van der Waals surface area (Å²) in [7, 11) is 0. The second kappa shape index (κ2) is 7.30. The van der Waals surface area contributed by atoms with Gasteiger partial charge in [0.25, 0.3) is 0 Å². The molecule has 0 radical (unpaired) electrons. The molecule has 0 amide bonds. The average Bonchev–Trinajstić information content (AvgIpc) is 2.85. The maximum atomic E-state index is 6.00. The van der Waals surface area contributed by atoms with Crippen LogP contribution in [0.1, 0.15) is 50.2 Å². The topological polar surface area (TPSA) is 21.3 Å². The molecule has 0 aliphatic carbocycles. The lowest BCUT2D eigenvalue weighted by Gasteiger charge is -2.20. The molecule has 114 valence electrons. The van der Waals surface area contributed by atoms with Crippen LogP contribution < -0.4 is 10.1 Å². The molecule has 1 N–H and O–H groups in total. The minimum atomic E-state index is 0.190. The normalized spacial score (nSPS) is 14.2. The van der Waals surface area contributed by atoms with Crippen LogP contribution in [0.2, 0.25) is 4.34 Å². The van der Waals surface area contributed by atoms with E-state index < -0.39 is 0 Å². The Balaban J connectivity index is 2.04. The quantitative estimate of drug-likeness (QED) is 0.747. The molecule has 4 heteroatoms. The van der Waals surface area contributed by atoms with Crippen LogP contribution >= 0.6 is 22.9 Å². The highest BCUT2D eigenvalue weighted by Gasteiger charge is 2.13. The zero-order chi connectivity index (χ0) is 15.4. The van der Waals surface area contributed by atoms with Gasteiger partial charge in [0.15, 0.2) is 0 Å². The molecule has 0 bridgehead atoms. The standard InChI is InChI=1S/C17H22ClNOS/c1-11(2)20-15-7-5-6-14(10-15)12(3)19-13(4)16-8-9-17(18)21-16/h5-13,19H,1-4H3. The van der Waals surface area contributed by atoms with Crippen molar-refractivity contribution < 1.29 is 4.74 Å². The van der Waals surface area contributed by atoms with E-state index in [1.54, 1.807) is 11.3 Å². The lowest BCUT2D eigenvalue weighted by Crippen LogP contribution is -2.21. The first-order valence-corrected chi connectivity index (χ1v) is 8.43. The van der Waals surface area contributed by atoms with Crippen molar-refractivity contribution in [2.45, 2.75) is 45.9 Å². The highest BCUT2D eigenvalue weighted by atomic mass is 35.5. The van der Waals surface area contributed by atoms with E-state index in [1.165, 1.54) is 10.4 Å². The summed E-state index contributed by atoms with van der Waals surface area (Å²) in [6, 6.07) is 12.8. The van der Waals surface area contributed by atoms with Gasteiger partial charge in [-0.1, -0.05) is 23.7 Å². The molecule has 0 spiro atoms. The van der Waals surface area contributed by atoms with Gasteiger partial charge in [0.2, 0.25) is 0 Å². The first-order valence-electron chi connectivity index (χ1n) is 7.23. The molecule has 0 fully saturated rings. The third kappa shape index (κ3) is 4.73. The smallest absolute Gasteiger partial charge is 0.120 e. The van der Waals surface area contributed by atoms with E-state index in [2.05, 4.69) is 37.4 Å². The molecule has 1 aromatic carbocycles. The minimum Gasteiger partial charge on any atom is -0.491 e. The lowest BCUT2D eigenvalue weighted by molar-refractivity contribution is 0.242. The highest BCUT2D eigenvalue weighted by molar-refractivity contribution is 7.16. The molecule has 2 unspecified atom stereocenters. The number of benzene rings is 1. The molecule has 0 aliphatic rings. The molecule has 2 nitrogen and oxygen atoms in total. The fraction of sp³-hybridized carbons (Fsp3) is 0.412. The lowest BCUT2D eigenvalue weighted by atomic mass is 10.1. The third-order valence-electron chi connectivity index (χ3n) is 3.25. The van der Waals surface area contributed by atoms with Crippen LogP contribution in [0.3, 0.4) is 0 Å². The van der Waals surface area contributed by atoms with Gasteiger partial charge in [-0.15, -0.1) is 11.3 Å². The number of hydrogen-bond acceptors (Lipinski definition) is 3. The Labute approximate surface area is 136 Å². The van der Waals surface area contributed by atoms with Crippen molar-refractivity contribution in [3.8, 4) is 5.75 Å². The van der Waals surface area contributed by atoms with Crippen LogP contribution in [0, 0.1) is 0 Å². The van der Waals surface area contributed by atoms with Crippen LogP contribution in [-0.4, -0.2) is 6.10 Å². The molecule has 0 aliphatic heterocycles. The second-order valence-electron chi connectivity index (χ2n) is 5.49. The number of rotatable bonds is 6. The number of thiophene rings is 1. The first-order chi connectivity index (χ1) is 9.95. The Morgan fingerprint density at radius 1 is 1.05 bits per heavy atom. The number of ether oxygens (including phenoxy) is 1. The van der Waals surface area contributed by atoms with Crippen molar-refractivity contribution in [1.82, 2.24) is 5.32 Å². The summed E-state index contributed by atoms with van der Waals surface area (Å²) in [4.78, 5) is 1.25. The van der Waals surface area contributed by atoms with Crippen molar-refractivity contribution in [2.24, 2.45) is 0 Å². The Morgan fingerprint density at radius 2 is 1.81 bits per heavy atom. The predicted octanol–water partition coefficient (Wildman–Crippen LogP) is 5.60. The van der Waals surface area contributed by atoms with E-state index in [0.29, 0.717) is 0 Å². The molecule has 0 saturated carbocycles. The van der Waals surface area contributed by atoms with Crippen LogP contribution in [0.15, 0.2) is 36.4 Å². The monoisotopic (exact) mass is 323 g/mol. The Hall–Kier alpha value is -1.03. The predicted molar refractivity (Wildman–Crippen MR) is 91.5 cm³/mol. The van der Waals surface area contributed by atoms with Gasteiger partial charge in [-0.25, -0.2) is 0 Å². The molecular weight excluding hydrogens is 302 g/mol. The summed E-state index contributed by atoms with van der Waals surface area (Å²) in [6.07, 6.45) is 0.190. The van der Waals surface area contributed by atoms with Crippen molar-refractivity contribution >= 4 is 22.9 Å². The van der Waals surface area contributed by atoms with Crippen LogP contribution in [-0.2, 0) is 0 Å². The zero-order valence-electron chi connectivity index (χ0n) is 12.9. The van der Waals surface area contributed by atoms with E-state index in [4.69, 9.17) is 16.3 Å².